The minimum Gasteiger partial charge on any atom is -0.481 e. The van der Waals surface area contributed by atoms with Gasteiger partial charge in [0, 0.05) is 0 Å². The van der Waals surface area contributed by atoms with E-state index < -0.39 is 23.3 Å². The van der Waals surface area contributed by atoms with E-state index >= 15 is 0 Å². The molecule has 0 amide bonds. The molecule has 0 spiro atoms. The van der Waals surface area contributed by atoms with Crippen LogP contribution in [0.4, 0.5) is 4.39 Å². The summed E-state index contributed by atoms with van der Waals surface area (Å²) in [6.45, 7) is 0. The first-order valence-corrected chi connectivity index (χ1v) is 3.74. The summed E-state index contributed by atoms with van der Waals surface area (Å²) in [6.07, 6.45) is -0.323. The maximum Gasteiger partial charge on any atom is 0.338 e. The molecule has 0 heterocycles. The maximum atomic E-state index is 13.0. The molecule has 0 radical (unpaired) electrons. The molecule has 74 valence electrons. The summed E-state index contributed by atoms with van der Waals surface area (Å²) in [4.78, 5) is 20.7. The Labute approximate surface area is 78.6 Å². The second-order valence-corrected chi connectivity index (χ2v) is 2.69. The third kappa shape index (κ3) is 2.29. The van der Waals surface area contributed by atoms with Gasteiger partial charge in [0.05, 0.1) is 12.0 Å². The molecule has 0 saturated heterocycles. The van der Waals surface area contributed by atoms with E-state index in [1.165, 1.54) is 6.07 Å². The highest BCUT2D eigenvalue weighted by Crippen LogP contribution is 2.10. The molecule has 0 aliphatic carbocycles. The Hall–Kier alpha value is -1.91. The number of aromatic carboxylic acids is 1. The molecular weight excluding hydrogens is 191 g/mol. The van der Waals surface area contributed by atoms with Gasteiger partial charge in [-0.3, -0.25) is 4.79 Å². The molecule has 0 aromatic heterocycles. The lowest BCUT2D eigenvalue weighted by molar-refractivity contribution is -0.136. The SMILES string of the molecule is O=C(O)Cc1ccc(C(=O)O)c(F)c1. The molecule has 5 heteroatoms. The van der Waals surface area contributed by atoms with Crippen LogP contribution in [0.25, 0.3) is 0 Å². The third-order valence-corrected chi connectivity index (χ3v) is 1.62. The van der Waals surface area contributed by atoms with Crippen LogP contribution in [0.3, 0.4) is 0 Å². The van der Waals surface area contributed by atoms with Crippen LogP contribution >= 0.6 is 0 Å². The van der Waals surface area contributed by atoms with Gasteiger partial charge in [0.25, 0.3) is 0 Å². The van der Waals surface area contributed by atoms with E-state index in [1.807, 2.05) is 0 Å². The van der Waals surface area contributed by atoms with Gasteiger partial charge in [0.15, 0.2) is 0 Å². The third-order valence-electron chi connectivity index (χ3n) is 1.62. The average molecular weight is 198 g/mol. The lowest BCUT2D eigenvalue weighted by atomic mass is 10.1. The van der Waals surface area contributed by atoms with E-state index in [1.54, 1.807) is 0 Å². The van der Waals surface area contributed by atoms with Crippen molar-refractivity contribution in [3.63, 3.8) is 0 Å². The first kappa shape index (κ1) is 10.2. The number of carboxylic acids is 2. The van der Waals surface area contributed by atoms with Crippen LogP contribution in [0.15, 0.2) is 18.2 Å². The van der Waals surface area contributed by atoms with Gasteiger partial charge in [0.2, 0.25) is 0 Å². The molecule has 0 aliphatic heterocycles. The molecule has 0 fully saturated rings. The summed E-state index contributed by atoms with van der Waals surface area (Å²) < 4.78 is 13.0. The van der Waals surface area contributed by atoms with E-state index in [4.69, 9.17) is 10.2 Å². The zero-order chi connectivity index (χ0) is 10.7. The van der Waals surface area contributed by atoms with Gasteiger partial charge in [-0.1, -0.05) is 6.07 Å². The van der Waals surface area contributed by atoms with Crippen LogP contribution in [0, 0.1) is 5.82 Å². The molecule has 4 nitrogen and oxygen atoms in total. The predicted octanol–water partition coefficient (Wildman–Crippen LogP) is 1.15. The second kappa shape index (κ2) is 3.87. The van der Waals surface area contributed by atoms with E-state index in [2.05, 4.69) is 0 Å². The first-order valence-electron chi connectivity index (χ1n) is 3.74. The molecule has 1 rings (SSSR count). The van der Waals surface area contributed by atoms with Gasteiger partial charge in [-0.05, 0) is 17.7 Å². The topological polar surface area (TPSA) is 74.6 Å². The highest BCUT2D eigenvalue weighted by Gasteiger charge is 2.11. The van der Waals surface area contributed by atoms with Gasteiger partial charge in [-0.2, -0.15) is 0 Å². The van der Waals surface area contributed by atoms with Crippen LogP contribution in [0.1, 0.15) is 15.9 Å². The minimum atomic E-state index is -1.37. The Morgan fingerprint density at radius 3 is 2.36 bits per heavy atom. The summed E-state index contributed by atoms with van der Waals surface area (Å²) in [5.74, 6) is -3.38. The molecule has 1 aromatic rings. The lowest BCUT2D eigenvalue weighted by Gasteiger charge is -2.00. The maximum absolute atomic E-state index is 13.0. The van der Waals surface area contributed by atoms with Crippen molar-refractivity contribution in [3.05, 3.63) is 35.1 Å². The Bertz CT molecular complexity index is 386. The summed E-state index contributed by atoms with van der Waals surface area (Å²) >= 11 is 0. The molecule has 1 aromatic carbocycles. The van der Waals surface area contributed by atoms with Crippen LogP contribution in [-0.4, -0.2) is 22.2 Å². The van der Waals surface area contributed by atoms with Crippen LogP contribution in [-0.2, 0) is 11.2 Å². The van der Waals surface area contributed by atoms with Gasteiger partial charge in [-0.25, -0.2) is 9.18 Å². The lowest BCUT2D eigenvalue weighted by Crippen LogP contribution is -2.04. The zero-order valence-electron chi connectivity index (χ0n) is 7.03. The summed E-state index contributed by atoms with van der Waals surface area (Å²) in [6, 6.07) is 3.24. The van der Waals surface area contributed by atoms with Crippen LogP contribution < -0.4 is 0 Å². The summed E-state index contributed by atoms with van der Waals surface area (Å²) in [5, 5.41) is 16.9. The summed E-state index contributed by atoms with van der Waals surface area (Å²) in [7, 11) is 0. The van der Waals surface area contributed by atoms with Crippen LogP contribution in [0.2, 0.25) is 0 Å². The van der Waals surface area contributed by atoms with Crippen molar-refractivity contribution in [2.45, 2.75) is 6.42 Å². The van der Waals surface area contributed by atoms with Gasteiger partial charge < -0.3 is 10.2 Å². The van der Waals surface area contributed by atoms with Crippen molar-refractivity contribution in [2.75, 3.05) is 0 Å². The Morgan fingerprint density at radius 1 is 1.29 bits per heavy atom. The van der Waals surface area contributed by atoms with E-state index in [-0.39, 0.29) is 12.0 Å². The molecule has 0 unspecified atom stereocenters. The monoisotopic (exact) mass is 198 g/mol. The van der Waals surface area contributed by atoms with Crippen molar-refractivity contribution >= 4 is 11.9 Å². The van der Waals surface area contributed by atoms with E-state index in [0.717, 1.165) is 12.1 Å². The van der Waals surface area contributed by atoms with Gasteiger partial charge in [-0.15, -0.1) is 0 Å². The standard InChI is InChI=1S/C9H7FO4/c10-7-3-5(4-8(11)12)1-2-6(7)9(13)14/h1-3H,4H2,(H,11,12)(H,13,14). The number of aliphatic carboxylic acids is 1. The van der Waals surface area contributed by atoms with Crippen molar-refractivity contribution in [2.24, 2.45) is 0 Å². The van der Waals surface area contributed by atoms with Crippen molar-refractivity contribution in [1.29, 1.82) is 0 Å². The highest BCUT2D eigenvalue weighted by molar-refractivity contribution is 5.88. The number of carbonyl (C=O) groups is 2. The number of rotatable bonds is 3. The highest BCUT2D eigenvalue weighted by atomic mass is 19.1. The molecule has 14 heavy (non-hydrogen) atoms. The molecule has 0 atom stereocenters. The number of benzene rings is 1. The number of hydrogen-bond acceptors (Lipinski definition) is 2. The zero-order valence-corrected chi connectivity index (χ0v) is 7.03. The summed E-state index contributed by atoms with van der Waals surface area (Å²) in [5.41, 5.74) is -0.223. The predicted molar refractivity (Wildman–Crippen MR) is 44.7 cm³/mol. The fraction of sp³-hybridized carbons (Fsp3) is 0.111. The number of carboxylic acid groups (broad SMARTS) is 2. The Balaban J connectivity index is 3.00. The quantitative estimate of drug-likeness (QED) is 0.763. The van der Waals surface area contributed by atoms with Crippen molar-refractivity contribution < 1.29 is 24.2 Å². The number of hydrogen-bond donors (Lipinski definition) is 2. The van der Waals surface area contributed by atoms with E-state index in [0.29, 0.717) is 0 Å². The Kier molecular flexibility index (Phi) is 2.81. The van der Waals surface area contributed by atoms with Crippen molar-refractivity contribution in [3.8, 4) is 0 Å². The largest absolute Gasteiger partial charge is 0.481 e. The normalized spacial score (nSPS) is 9.79. The average Bonchev–Trinajstić information content (AvgIpc) is 2.01. The fourth-order valence-corrected chi connectivity index (χ4v) is 1.02. The van der Waals surface area contributed by atoms with Gasteiger partial charge in [0.1, 0.15) is 5.82 Å². The minimum absolute atomic E-state index is 0.236. The molecule has 0 saturated carbocycles. The first-order chi connectivity index (χ1) is 6.50. The molecule has 0 bridgehead atoms. The van der Waals surface area contributed by atoms with Gasteiger partial charge >= 0.3 is 11.9 Å². The number of halogens is 1. The molecule has 0 aliphatic rings. The van der Waals surface area contributed by atoms with Crippen molar-refractivity contribution in [1.82, 2.24) is 0 Å². The molecule has 2 N–H and O–H groups in total. The fourth-order valence-electron chi connectivity index (χ4n) is 1.02. The Morgan fingerprint density at radius 2 is 1.93 bits per heavy atom. The van der Waals surface area contributed by atoms with Crippen LogP contribution in [0.5, 0.6) is 0 Å². The molecular formula is C9H7FO4. The van der Waals surface area contributed by atoms with E-state index in [9.17, 15) is 14.0 Å². The second-order valence-electron chi connectivity index (χ2n) is 2.69. The smallest absolute Gasteiger partial charge is 0.338 e.